The molecule has 3 aliphatic rings. The van der Waals surface area contributed by atoms with Gasteiger partial charge in [-0.2, -0.15) is 0 Å². The highest BCUT2D eigenvalue weighted by atomic mass is 79.9. The average molecular weight is 651 g/mol. The first-order valence-corrected chi connectivity index (χ1v) is 15.2. The number of esters is 1. The number of benzene rings is 1. The van der Waals surface area contributed by atoms with Gasteiger partial charge >= 0.3 is 5.97 Å². The van der Waals surface area contributed by atoms with Gasteiger partial charge in [-0.25, -0.2) is 4.79 Å². The van der Waals surface area contributed by atoms with Gasteiger partial charge in [-0.05, 0) is 30.5 Å². The van der Waals surface area contributed by atoms with E-state index in [2.05, 4.69) is 26.2 Å². The number of ketones is 1. The molecule has 212 valence electrons. The van der Waals surface area contributed by atoms with Crippen LogP contribution in [0.5, 0.6) is 0 Å². The first-order valence-electron chi connectivity index (χ1n) is 13.5. The van der Waals surface area contributed by atoms with E-state index in [1.165, 1.54) is 12.4 Å². The van der Waals surface area contributed by atoms with Gasteiger partial charge in [0.1, 0.15) is 10.9 Å². The quantitative estimate of drug-likeness (QED) is 0.291. The monoisotopic (exact) mass is 649 g/mol. The van der Waals surface area contributed by atoms with E-state index >= 15 is 0 Å². The van der Waals surface area contributed by atoms with Crippen molar-refractivity contribution >= 4 is 68.2 Å². The number of carbonyl (C=O) groups is 3. The van der Waals surface area contributed by atoms with Crippen molar-refractivity contribution in [1.29, 1.82) is 0 Å². The summed E-state index contributed by atoms with van der Waals surface area (Å²) in [6.07, 6.45) is 8.71. The number of carbonyl (C=O) groups excluding carboxylic acids is 3. The maximum absolute atomic E-state index is 13.4. The van der Waals surface area contributed by atoms with E-state index in [0.717, 1.165) is 43.4 Å². The predicted octanol–water partition coefficient (Wildman–Crippen LogP) is 6.01. The number of nitrogens with zero attached hydrogens (tertiary/aromatic N) is 2. The second-order valence-corrected chi connectivity index (χ2v) is 12.2. The average Bonchev–Trinajstić information content (AvgIpc) is 2.96. The summed E-state index contributed by atoms with van der Waals surface area (Å²) in [5.74, 6) is -0.689. The molecule has 1 unspecified atom stereocenters. The third-order valence-corrected chi connectivity index (χ3v) is 9.30. The zero-order valence-corrected chi connectivity index (χ0v) is 24.9. The molecule has 1 aromatic carbocycles. The Hall–Kier alpha value is -2.33. The first kappa shape index (κ1) is 29.2. The van der Waals surface area contributed by atoms with E-state index in [1.807, 2.05) is 12.1 Å². The largest absolute Gasteiger partial charge is 0.461 e. The van der Waals surface area contributed by atoms with Crippen LogP contribution in [0.2, 0.25) is 10.0 Å². The van der Waals surface area contributed by atoms with Gasteiger partial charge in [0.25, 0.3) is 5.91 Å². The maximum Gasteiger partial charge on any atom is 0.331 e. The molecule has 2 aliphatic carbocycles. The van der Waals surface area contributed by atoms with Crippen LogP contribution in [0.1, 0.15) is 60.9 Å². The fourth-order valence-corrected chi connectivity index (χ4v) is 7.19. The Labute approximate surface area is 251 Å². The number of amides is 1. The number of aliphatic imine (C=N–C) groups is 1. The van der Waals surface area contributed by atoms with Gasteiger partial charge in [0.15, 0.2) is 11.8 Å². The lowest BCUT2D eigenvalue weighted by Gasteiger charge is -2.48. The highest BCUT2D eigenvalue weighted by Gasteiger charge is 2.58. The van der Waals surface area contributed by atoms with Crippen molar-refractivity contribution in [2.75, 3.05) is 18.5 Å². The third kappa shape index (κ3) is 6.12. The lowest BCUT2D eigenvalue weighted by atomic mass is 9.58. The van der Waals surface area contributed by atoms with Crippen molar-refractivity contribution in [3.8, 4) is 0 Å². The van der Waals surface area contributed by atoms with Crippen LogP contribution in [-0.2, 0) is 25.5 Å². The van der Waals surface area contributed by atoms with Crippen LogP contribution in [0.15, 0.2) is 41.7 Å². The Bertz CT molecular complexity index is 1290. The van der Waals surface area contributed by atoms with Crippen LogP contribution in [0.4, 0.5) is 5.69 Å². The van der Waals surface area contributed by atoms with E-state index < -0.39 is 28.2 Å². The van der Waals surface area contributed by atoms with Gasteiger partial charge in [-0.3, -0.25) is 19.6 Å². The van der Waals surface area contributed by atoms with Gasteiger partial charge in [-0.1, -0.05) is 70.5 Å². The molecular formula is C29H30BrCl2N3O5. The molecule has 1 spiro atoms. The molecule has 1 aromatic heterocycles. The molecule has 2 aromatic rings. The molecule has 0 radical (unpaired) electrons. The predicted molar refractivity (Wildman–Crippen MR) is 157 cm³/mol. The lowest BCUT2D eigenvalue weighted by molar-refractivity contribution is -0.154. The summed E-state index contributed by atoms with van der Waals surface area (Å²) < 4.78 is 11.3. The maximum atomic E-state index is 13.4. The molecule has 2 heterocycles. The van der Waals surface area contributed by atoms with Gasteiger partial charge < -0.3 is 14.8 Å². The molecule has 2 saturated carbocycles. The topological polar surface area (TPSA) is 107 Å². The zero-order chi connectivity index (χ0) is 28.3. The van der Waals surface area contributed by atoms with Crippen LogP contribution >= 0.6 is 39.1 Å². The fraction of sp³-hybridized carbons (Fsp3) is 0.483. The summed E-state index contributed by atoms with van der Waals surface area (Å²) in [6.45, 7) is 1.11. The van der Waals surface area contributed by atoms with Gasteiger partial charge in [0.05, 0.1) is 34.2 Å². The van der Waals surface area contributed by atoms with Crippen molar-refractivity contribution in [2.24, 2.45) is 10.4 Å². The number of anilines is 1. The number of aromatic nitrogens is 1. The molecule has 8 nitrogen and oxygen atoms in total. The minimum absolute atomic E-state index is 0.144. The van der Waals surface area contributed by atoms with Crippen LogP contribution in [-0.4, -0.2) is 58.5 Å². The molecule has 5 rings (SSSR count). The van der Waals surface area contributed by atoms with Crippen molar-refractivity contribution in [1.82, 2.24) is 4.98 Å². The summed E-state index contributed by atoms with van der Waals surface area (Å²) >= 11 is 15.7. The number of nitrogens with one attached hydrogen (secondary N) is 1. The molecule has 1 amide bonds. The Morgan fingerprint density at radius 3 is 2.40 bits per heavy atom. The molecule has 40 heavy (non-hydrogen) atoms. The van der Waals surface area contributed by atoms with Crippen LogP contribution < -0.4 is 5.32 Å². The molecule has 1 aliphatic heterocycles. The number of alkyl halides is 1. The summed E-state index contributed by atoms with van der Waals surface area (Å²) in [4.78, 5) is 47.4. The standard InChI is InChI=1S/C29H30BrCl2N3O5/c30-24-25(29(26(24)36)10-2-1-3-11-29)35-22(28(38)40-19-8-12-39-13-9-19)14-17-4-6-18(7-5-17)34-27(37)23-20(31)15-33-16-21(23)32/h4-7,15-16,19,22,24H,1-3,8-14H2,(H,34,37)/t22-,24?/m0/s1. The summed E-state index contributed by atoms with van der Waals surface area (Å²) in [5.41, 5.74) is 1.72. The molecule has 2 atom stereocenters. The SMILES string of the molecule is O=C(Nc1ccc(C[C@H](N=C2C(Br)C(=O)C23CCCCC3)C(=O)OC2CCOCC2)cc1)c1c(Cl)cncc1Cl. The number of pyridine rings is 1. The smallest absolute Gasteiger partial charge is 0.331 e. The van der Waals surface area contributed by atoms with Crippen LogP contribution in [0.3, 0.4) is 0 Å². The number of hydrogen-bond acceptors (Lipinski definition) is 7. The van der Waals surface area contributed by atoms with Crippen LogP contribution in [0.25, 0.3) is 0 Å². The van der Waals surface area contributed by atoms with E-state index in [4.69, 9.17) is 37.7 Å². The van der Waals surface area contributed by atoms with E-state index in [1.54, 1.807) is 12.1 Å². The summed E-state index contributed by atoms with van der Waals surface area (Å²) in [7, 11) is 0. The van der Waals surface area contributed by atoms with Crippen molar-refractivity contribution in [3.63, 3.8) is 0 Å². The zero-order valence-electron chi connectivity index (χ0n) is 21.8. The van der Waals surface area contributed by atoms with Gasteiger partial charge in [0.2, 0.25) is 0 Å². The number of ether oxygens (including phenoxy) is 2. The first-order chi connectivity index (χ1) is 19.3. The highest BCUT2D eigenvalue weighted by Crippen LogP contribution is 2.49. The van der Waals surface area contributed by atoms with Crippen LogP contribution in [0, 0.1) is 5.41 Å². The molecule has 11 heteroatoms. The highest BCUT2D eigenvalue weighted by molar-refractivity contribution is 9.10. The molecular weight excluding hydrogens is 621 g/mol. The van der Waals surface area contributed by atoms with Gasteiger partial charge in [-0.15, -0.1) is 0 Å². The number of rotatable bonds is 7. The molecule has 3 fully saturated rings. The summed E-state index contributed by atoms with van der Waals surface area (Å²) in [6, 6.07) is 6.35. The molecule has 1 saturated heterocycles. The number of halogens is 3. The summed E-state index contributed by atoms with van der Waals surface area (Å²) in [5, 5.41) is 3.10. The Morgan fingerprint density at radius 2 is 1.75 bits per heavy atom. The Balaban J connectivity index is 1.34. The normalized spacial score (nSPS) is 22.5. The van der Waals surface area contributed by atoms with Gasteiger partial charge in [0, 0.05) is 43.1 Å². The minimum atomic E-state index is -0.792. The molecule has 0 bridgehead atoms. The number of hydrogen-bond donors (Lipinski definition) is 1. The Morgan fingerprint density at radius 1 is 1.10 bits per heavy atom. The van der Waals surface area contributed by atoms with Crippen molar-refractivity contribution < 1.29 is 23.9 Å². The van der Waals surface area contributed by atoms with Crippen molar-refractivity contribution in [2.45, 2.75) is 68.3 Å². The lowest BCUT2D eigenvalue weighted by Crippen LogP contribution is -2.61. The minimum Gasteiger partial charge on any atom is -0.461 e. The Kier molecular flexibility index (Phi) is 9.24. The second-order valence-electron chi connectivity index (χ2n) is 10.5. The second kappa shape index (κ2) is 12.7. The van der Waals surface area contributed by atoms with E-state index in [9.17, 15) is 14.4 Å². The fourth-order valence-electron chi connectivity index (χ4n) is 5.66. The molecule has 1 N–H and O–H groups in total. The van der Waals surface area contributed by atoms with Crippen molar-refractivity contribution in [3.05, 3.63) is 57.8 Å². The third-order valence-electron chi connectivity index (χ3n) is 7.88. The number of Topliss-reactive ketones (excluding diaryl/α,β-unsaturated/α-hetero) is 1. The van der Waals surface area contributed by atoms with E-state index in [-0.39, 0.29) is 27.5 Å². The van der Waals surface area contributed by atoms with E-state index in [0.29, 0.717) is 38.2 Å².